The van der Waals surface area contributed by atoms with Crippen molar-refractivity contribution in [2.45, 2.75) is 31.7 Å². The minimum absolute atomic E-state index is 0.148. The highest BCUT2D eigenvalue weighted by atomic mass is 16.2. The van der Waals surface area contributed by atoms with Gasteiger partial charge >= 0.3 is 0 Å². The Morgan fingerprint density at radius 1 is 1.35 bits per heavy atom. The zero-order valence-electron chi connectivity index (χ0n) is 12.2. The number of hydrogen-bond donors (Lipinski definition) is 1. The molecule has 1 unspecified atom stereocenters. The zero-order valence-corrected chi connectivity index (χ0v) is 12.2. The van der Waals surface area contributed by atoms with Crippen molar-refractivity contribution in [2.24, 2.45) is 0 Å². The average Bonchev–Trinajstić information content (AvgIpc) is 2.52. The highest BCUT2D eigenvalue weighted by molar-refractivity contribution is 5.92. The van der Waals surface area contributed by atoms with Crippen molar-refractivity contribution in [1.82, 2.24) is 10.2 Å². The van der Waals surface area contributed by atoms with E-state index in [0.717, 1.165) is 37.9 Å². The Labute approximate surface area is 121 Å². The summed E-state index contributed by atoms with van der Waals surface area (Å²) >= 11 is 0. The van der Waals surface area contributed by atoms with Crippen molar-refractivity contribution in [2.75, 3.05) is 20.1 Å². The maximum atomic E-state index is 12.4. The number of carbonyl (C=O) groups is 1. The van der Waals surface area contributed by atoms with Gasteiger partial charge in [0.2, 0.25) is 5.91 Å². The van der Waals surface area contributed by atoms with E-state index >= 15 is 0 Å². The molecular weight excluding hydrogens is 248 g/mol. The molecule has 2 rings (SSSR count). The second-order valence-electron chi connectivity index (χ2n) is 5.32. The van der Waals surface area contributed by atoms with E-state index in [0.29, 0.717) is 6.04 Å². The summed E-state index contributed by atoms with van der Waals surface area (Å²) in [7, 11) is 1.96. The van der Waals surface area contributed by atoms with Gasteiger partial charge in [-0.1, -0.05) is 30.3 Å². The first-order valence-corrected chi connectivity index (χ1v) is 7.49. The van der Waals surface area contributed by atoms with Crippen molar-refractivity contribution in [1.29, 1.82) is 0 Å². The maximum absolute atomic E-state index is 12.4. The molecule has 0 aromatic heterocycles. The Bertz CT molecular complexity index is 442. The minimum atomic E-state index is 0.148. The molecule has 0 saturated carbocycles. The number of likely N-dealkylation sites (tertiary alicyclic amines) is 1. The average molecular weight is 272 g/mol. The van der Waals surface area contributed by atoms with E-state index in [-0.39, 0.29) is 5.91 Å². The lowest BCUT2D eigenvalue weighted by atomic mass is 9.99. The summed E-state index contributed by atoms with van der Waals surface area (Å²) in [6.07, 6.45) is 8.16. The largest absolute Gasteiger partial charge is 0.336 e. The normalized spacial score (nSPS) is 19.4. The SMILES string of the molecule is CNCCC1CCCCN1C(=O)C=Cc1ccccc1. The van der Waals surface area contributed by atoms with Crippen molar-refractivity contribution in [3.8, 4) is 0 Å². The number of benzene rings is 1. The molecule has 3 nitrogen and oxygen atoms in total. The van der Waals surface area contributed by atoms with Crippen LogP contribution < -0.4 is 5.32 Å². The van der Waals surface area contributed by atoms with E-state index in [2.05, 4.69) is 5.32 Å². The molecule has 1 aliphatic heterocycles. The number of rotatable bonds is 5. The van der Waals surface area contributed by atoms with Gasteiger partial charge in [0, 0.05) is 18.7 Å². The topological polar surface area (TPSA) is 32.3 Å². The van der Waals surface area contributed by atoms with Gasteiger partial charge in [0.25, 0.3) is 0 Å². The number of amides is 1. The first-order chi connectivity index (χ1) is 9.81. The zero-order chi connectivity index (χ0) is 14.2. The van der Waals surface area contributed by atoms with E-state index in [1.807, 2.05) is 48.4 Å². The molecule has 1 amide bonds. The van der Waals surface area contributed by atoms with Gasteiger partial charge in [-0.15, -0.1) is 0 Å². The maximum Gasteiger partial charge on any atom is 0.246 e. The number of nitrogens with one attached hydrogen (secondary N) is 1. The van der Waals surface area contributed by atoms with Gasteiger partial charge in [-0.05, 0) is 50.9 Å². The van der Waals surface area contributed by atoms with Crippen LogP contribution in [0.1, 0.15) is 31.2 Å². The predicted molar refractivity (Wildman–Crippen MR) is 83.4 cm³/mol. The molecule has 0 aliphatic carbocycles. The molecule has 1 N–H and O–H groups in total. The Hall–Kier alpha value is -1.61. The second kappa shape index (κ2) is 7.85. The van der Waals surface area contributed by atoms with Gasteiger partial charge in [0.15, 0.2) is 0 Å². The van der Waals surface area contributed by atoms with Crippen molar-refractivity contribution >= 4 is 12.0 Å². The Balaban J connectivity index is 1.97. The molecule has 0 spiro atoms. The minimum Gasteiger partial charge on any atom is -0.336 e. The molecule has 1 heterocycles. The molecule has 1 atom stereocenters. The smallest absolute Gasteiger partial charge is 0.246 e. The van der Waals surface area contributed by atoms with E-state index in [1.165, 1.54) is 6.42 Å². The Kier molecular flexibility index (Phi) is 5.81. The summed E-state index contributed by atoms with van der Waals surface area (Å²) in [5.74, 6) is 0.148. The molecule has 3 heteroatoms. The van der Waals surface area contributed by atoms with E-state index in [9.17, 15) is 4.79 Å². The monoisotopic (exact) mass is 272 g/mol. The third-order valence-electron chi connectivity index (χ3n) is 3.86. The molecule has 1 aromatic carbocycles. The standard InChI is InChI=1S/C17H24N2O/c1-18-13-12-16-9-5-6-14-19(16)17(20)11-10-15-7-3-2-4-8-15/h2-4,7-8,10-11,16,18H,5-6,9,12-14H2,1H3. The van der Waals surface area contributed by atoms with E-state index < -0.39 is 0 Å². The third kappa shape index (κ3) is 4.20. The lowest BCUT2D eigenvalue weighted by Gasteiger charge is -2.35. The number of nitrogens with zero attached hydrogens (tertiary/aromatic N) is 1. The van der Waals surface area contributed by atoms with E-state index in [4.69, 9.17) is 0 Å². The predicted octanol–water partition coefficient (Wildman–Crippen LogP) is 2.69. The molecule has 20 heavy (non-hydrogen) atoms. The van der Waals surface area contributed by atoms with Gasteiger partial charge in [-0.3, -0.25) is 4.79 Å². The summed E-state index contributed by atoms with van der Waals surface area (Å²) in [6.45, 7) is 1.86. The van der Waals surface area contributed by atoms with Gasteiger partial charge in [0.05, 0.1) is 0 Å². The molecule has 108 valence electrons. The lowest BCUT2D eigenvalue weighted by molar-refractivity contribution is -0.129. The summed E-state index contributed by atoms with van der Waals surface area (Å²) < 4.78 is 0. The molecule has 1 aromatic rings. The summed E-state index contributed by atoms with van der Waals surface area (Å²) in [6, 6.07) is 10.4. The van der Waals surface area contributed by atoms with Gasteiger partial charge in [-0.25, -0.2) is 0 Å². The van der Waals surface area contributed by atoms with Crippen LogP contribution in [0, 0.1) is 0 Å². The first kappa shape index (κ1) is 14.8. The van der Waals surface area contributed by atoms with Crippen LogP contribution in [0.5, 0.6) is 0 Å². The van der Waals surface area contributed by atoms with Crippen molar-refractivity contribution < 1.29 is 4.79 Å². The number of piperidine rings is 1. The van der Waals surface area contributed by atoms with Crippen LogP contribution in [0.25, 0.3) is 6.08 Å². The van der Waals surface area contributed by atoms with Crippen LogP contribution in [0.3, 0.4) is 0 Å². The van der Waals surface area contributed by atoms with Gasteiger partial charge in [-0.2, -0.15) is 0 Å². The summed E-state index contributed by atoms with van der Waals surface area (Å²) in [5, 5.41) is 3.18. The van der Waals surface area contributed by atoms with Crippen molar-refractivity contribution in [3.05, 3.63) is 42.0 Å². The van der Waals surface area contributed by atoms with Crippen LogP contribution in [-0.4, -0.2) is 37.0 Å². The Morgan fingerprint density at radius 3 is 2.90 bits per heavy atom. The van der Waals surface area contributed by atoms with Crippen LogP contribution in [0.2, 0.25) is 0 Å². The fraction of sp³-hybridized carbons (Fsp3) is 0.471. The highest BCUT2D eigenvalue weighted by Gasteiger charge is 2.24. The van der Waals surface area contributed by atoms with Crippen LogP contribution >= 0.6 is 0 Å². The van der Waals surface area contributed by atoms with Crippen LogP contribution in [-0.2, 0) is 4.79 Å². The first-order valence-electron chi connectivity index (χ1n) is 7.49. The highest BCUT2D eigenvalue weighted by Crippen LogP contribution is 2.20. The number of carbonyl (C=O) groups excluding carboxylic acids is 1. The Morgan fingerprint density at radius 2 is 2.15 bits per heavy atom. The quantitative estimate of drug-likeness (QED) is 0.836. The van der Waals surface area contributed by atoms with Crippen LogP contribution in [0.4, 0.5) is 0 Å². The number of hydrogen-bond acceptors (Lipinski definition) is 2. The summed E-state index contributed by atoms with van der Waals surface area (Å²) in [4.78, 5) is 14.4. The van der Waals surface area contributed by atoms with Gasteiger partial charge in [0.1, 0.15) is 0 Å². The fourth-order valence-corrected chi connectivity index (χ4v) is 2.73. The molecule has 1 aliphatic rings. The molecule has 1 saturated heterocycles. The fourth-order valence-electron chi connectivity index (χ4n) is 2.73. The van der Waals surface area contributed by atoms with Crippen molar-refractivity contribution in [3.63, 3.8) is 0 Å². The molecule has 1 fully saturated rings. The lowest BCUT2D eigenvalue weighted by Crippen LogP contribution is -2.44. The third-order valence-corrected chi connectivity index (χ3v) is 3.86. The molecular formula is C17H24N2O. The van der Waals surface area contributed by atoms with Gasteiger partial charge < -0.3 is 10.2 Å². The van der Waals surface area contributed by atoms with E-state index in [1.54, 1.807) is 6.08 Å². The second-order valence-corrected chi connectivity index (χ2v) is 5.32. The van der Waals surface area contributed by atoms with Crippen LogP contribution in [0.15, 0.2) is 36.4 Å². The molecule has 0 radical (unpaired) electrons. The summed E-state index contributed by atoms with van der Waals surface area (Å²) in [5.41, 5.74) is 1.07. The molecule has 0 bridgehead atoms.